The zero-order valence-electron chi connectivity index (χ0n) is 23.2. The Bertz CT molecular complexity index is 1390. The number of hydrogen-bond acceptors (Lipinski definition) is 6. The van der Waals surface area contributed by atoms with E-state index in [0.29, 0.717) is 44.1 Å². The van der Waals surface area contributed by atoms with Crippen molar-refractivity contribution in [2.75, 3.05) is 44.0 Å². The van der Waals surface area contributed by atoms with Gasteiger partial charge in [-0.15, -0.1) is 0 Å². The van der Waals surface area contributed by atoms with Crippen molar-refractivity contribution in [2.45, 2.75) is 45.2 Å². The highest BCUT2D eigenvalue weighted by Crippen LogP contribution is 2.28. The van der Waals surface area contributed by atoms with E-state index in [0.717, 1.165) is 47.4 Å². The quantitative estimate of drug-likeness (QED) is 0.469. The molecular formula is C30H35FN6O3. The van der Waals surface area contributed by atoms with Crippen LogP contribution in [-0.4, -0.2) is 71.5 Å². The van der Waals surface area contributed by atoms with Crippen LogP contribution in [-0.2, 0) is 19.4 Å². The summed E-state index contributed by atoms with van der Waals surface area (Å²) < 4.78 is 19.0. The summed E-state index contributed by atoms with van der Waals surface area (Å²) in [4.78, 5) is 40.6. The van der Waals surface area contributed by atoms with Crippen molar-refractivity contribution in [2.24, 2.45) is 0 Å². The van der Waals surface area contributed by atoms with Gasteiger partial charge in [-0.05, 0) is 72.7 Å². The highest BCUT2D eigenvalue weighted by molar-refractivity contribution is 5.93. The lowest BCUT2D eigenvalue weighted by Crippen LogP contribution is -2.49. The second-order valence-corrected chi connectivity index (χ2v) is 10.3. The molecular weight excluding hydrogens is 511 g/mol. The molecule has 0 unspecified atom stereocenters. The number of halogens is 1. The number of piperidine rings is 1. The molecule has 0 aliphatic carbocycles. The largest absolute Gasteiger partial charge is 0.497 e. The van der Waals surface area contributed by atoms with Gasteiger partial charge >= 0.3 is 6.03 Å². The van der Waals surface area contributed by atoms with Crippen molar-refractivity contribution in [1.82, 2.24) is 19.8 Å². The molecule has 1 fully saturated rings. The minimum absolute atomic E-state index is 0.0762. The van der Waals surface area contributed by atoms with Gasteiger partial charge in [-0.25, -0.2) is 19.2 Å². The molecule has 5 rings (SSSR count). The fraction of sp³-hybridized carbons (Fsp3) is 0.400. The molecule has 1 N–H and O–H groups in total. The highest BCUT2D eigenvalue weighted by atomic mass is 19.1. The first-order valence-electron chi connectivity index (χ1n) is 13.7. The van der Waals surface area contributed by atoms with E-state index in [2.05, 4.69) is 20.2 Å². The van der Waals surface area contributed by atoms with Gasteiger partial charge in [-0.1, -0.05) is 13.0 Å². The van der Waals surface area contributed by atoms with Gasteiger partial charge in [0.05, 0.1) is 7.11 Å². The van der Waals surface area contributed by atoms with E-state index in [-0.39, 0.29) is 23.8 Å². The van der Waals surface area contributed by atoms with Gasteiger partial charge in [-0.3, -0.25) is 4.79 Å². The third-order valence-corrected chi connectivity index (χ3v) is 7.84. The summed E-state index contributed by atoms with van der Waals surface area (Å²) in [5, 5.41) is 3.06. The molecule has 40 heavy (non-hydrogen) atoms. The summed E-state index contributed by atoms with van der Waals surface area (Å²) in [6, 6.07) is 12.2. The number of aromatic nitrogens is 2. The van der Waals surface area contributed by atoms with Crippen LogP contribution in [0.25, 0.3) is 0 Å². The second-order valence-electron chi connectivity index (χ2n) is 10.3. The molecule has 1 saturated heterocycles. The number of nitrogens with zero attached hydrogens (tertiary/aromatic N) is 5. The van der Waals surface area contributed by atoms with E-state index in [1.54, 1.807) is 31.2 Å². The average molecular weight is 547 g/mol. The maximum Gasteiger partial charge on any atom is 0.322 e. The van der Waals surface area contributed by atoms with Gasteiger partial charge in [-0.2, -0.15) is 0 Å². The maximum absolute atomic E-state index is 13.6. The Morgan fingerprint density at radius 2 is 1.90 bits per heavy atom. The lowest BCUT2D eigenvalue weighted by molar-refractivity contribution is 0.0778. The Hall–Kier alpha value is -4.21. The average Bonchev–Trinajstić information content (AvgIpc) is 3.15. The van der Waals surface area contributed by atoms with Crippen molar-refractivity contribution < 1.29 is 18.7 Å². The molecule has 2 aliphatic heterocycles. The molecule has 3 heterocycles. The summed E-state index contributed by atoms with van der Waals surface area (Å²) in [7, 11) is 3.36. The minimum Gasteiger partial charge on any atom is -0.497 e. The lowest BCUT2D eigenvalue weighted by atomic mass is 10.0. The summed E-state index contributed by atoms with van der Waals surface area (Å²) >= 11 is 0. The number of carbonyl (C=O) groups is 2. The van der Waals surface area contributed by atoms with Crippen LogP contribution in [0.4, 0.5) is 20.7 Å². The van der Waals surface area contributed by atoms with Gasteiger partial charge in [0.2, 0.25) is 0 Å². The van der Waals surface area contributed by atoms with Crippen molar-refractivity contribution in [3.8, 4) is 5.75 Å². The van der Waals surface area contributed by atoms with Crippen LogP contribution in [0.3, 0.4) is 0 Å². The Morgan fingerprint density at radius 1 is 1.10 bits per heavy atom. The monoisotopic (exact) mass is 546 g/mol. The molecule has 3 aromatic rings. The number of benzene rings is 2. The fourth-order valence-corrected chi connectivity index (χ4v) is 5.55. The smallest absolute Gasteiger partial charge is 0.322 e. The van der Waals surface area contributed by atoms with E-state index < -0.39 is 0 Å². The molecule has 2 aliphatic rings. The van der Waals surface area contributed by atoms with Gasteiger partial charge in [0.15, 0.2) is 0 Å². The van der Waals surface area contributed by atoms with E-state index in [1.807, 2.05) is 30.0 Å². The Balaban J connectivity index is 1.20. The highest BCUT2D eigenvalue weighted by Gasteiger charge is 2.31. The number of anilines is 2. The van der Waals surface area contributed by atoms with Gasteiger partial charge in [0.25, 0.3) is 5.91 Å². The predicted molar refractivity (Wildman–Crippen MR) is 151 cm³/mol. The van der Waals surface area contributed by atoms with Gasteiger partial charge < -0.3 is 24.8 Å². The Morgan fingerprint density at radius 3 is 2.65 bits per heavy atom. The number of ether oxygens (including phenoxy) is 1. The van der Waals surface area contributed by atoms with Crippen LogP contribution in [0.2, 0.25) is 0 Å². The van der Waals surface area contributed by atoms with E-state index in [4.69, 9.17) is 4.74 Å². The van der Waals surface area contributed by atoms with Crippen molar-refractivity contribution >= 4 is 23.4 Å². The van der Waals surface area contributed by atoms with Crippen LogP contribution in [0, 0.1) is 5.82 Å². The van der Waals surface area contributed by atoms with Crippen LogP contribution in [0.1, 0.15) is 46.9 Å². The number of amides is 3. The van der Waals surface area contributed by atoms with Crippen LogP contribution < -0.4 is 15.0 Å². The maximum atomic E-state index is 13.6. The molecule has 210 valence electrons. The van der Waals surface area contributed by atoms with Crippen molar-refractivity contribution in [3.05, 3.63) is 77.0 Å². The summed E-state index contributed by atoms with van der Waals surface area (Å²) in [5.41, 5.74) is 4.01. The minimum atomic E-state index is -0.277. The molecule has 10 heteroatoms. The SMILES string of the molecule is CCc1cc(F)ccc1CN(C)C(=O)c1cc(N2CCC(N3CCc4cc(OC)ccc4NC3=O)CC2)ncn1. The summed E-state index contributed by atoms with van der Waals surface area (Å²) in [6.07, 6.45) is 4.46. The predicted octanol–water partition coefficient (Wildman–Crippen LogP) is 4.52. The summed E-state index contributed by atoms with van der Waals surface area (Å²) in [6.45, 7) is 4.40. The van der Waals surface area contributed by atoms with Crippen LogP contribution >= 0.6 is 0 Å². The molecule has 3 amide bonds. The zero-order valence-corrected chi connectivity index (χ0v) is 23.2. The first kappa shape index (κ1) is 27.4. The number of methoxy groups -OCH3 is 1. The van der Waals surface area contributed by atoms with Gasteiger partial charge in [0, 0.05) is 51.0 Å². The molecule has 2 aromatic carbocycles. The Kier molecular flexibility index (Phi) is 8.14. The normalized spacial score (nSPS) is 15.8. The number of aryl methyl sites for hydroxylation is 1. The molecule has 0 radical (unpaired) electrons. The number of rotatable bonds is 7. The molecule has 0 bridgehead atoms. The molecule has 0 atom stereocenters. The Labute approximate surface area is 234 Å². The van der Waals surface area contributed by atoms with E-state index in [1.165, 1.54) is 18.5 Å². The third-order valence-electron chi connectivity index (χ3n) is 7.84. The van der Waals surface area contributed by atoms with Crippen molar-refractivity contribution in [3.63, 3.8) is 0 Å². The van der Waals surface area contributed by atoms with E-state index >= 15 is 0 Å². The number of carbonyl (C=O) groups excluding carboxylic acids is 2. The molecule has 9 nitrogen and oxygen atoms in total. The van der Waals surface area contributed by atoms with Crippen LogP contribution in [0.15, 0.2) is 48.8 Å². The number of urea groups is 1. The molecule has 0 spiro atoms. The van der Waals surface area contributed by atoms with E-state index in [9.17, 15) is 14.0 Å². The summed E-state index contributed by atoms with van der Waals surface area (Å²) in [5.74, 6) is 0.981. The number of fused-ring (bicyclic) bond motifs is 1. The second kappa shape index (κ2) is 11.9. The number of hydrogen-bond donors (Lipinski definition) is 1. The number of nitrogens with one attached hydrogen (secondary N) is 1. The molecule has 0 saturated carbocycles. The van der Waals surface area contributed by atoms with Crippen molar-refractivity contribution in [1.29, 1.82) is 0 Å². The lowest BCUT2D eigenvalue weighted by Gasteiger charge is -2.38. The zero-order chi connectivity index (χ0) is 28.2. The fourth-order valence-electron chi connectivity index (χ4n) is 5.55. The molecule has 1 aromatic heterocycles. The van der Waals surface area contributed by atoms with Gasteiger partial charge in [0.1, 0.15) is 29.4 Å². The standard InChI is InChI=1S/C30H35FN6O3/c1-4-20-15-23(31)6-5-22(20)18-35(2)29(38)27-17-28(33-19-32-27)36-12-10-24(11-13-36)37-14-9-21-16-25(40-3)7-8-26(21)34-30(37)39/h5-8,15-17,19,24H,4,9-14,18H2,1-3H3,(H,34,39). The van der Waals surface area contributed by atoms with Crippen LogP contribution in [0.5, 0.6) is 5.75 Å². The topological polar surface area (TPSA) is 90.9 Å². The first-order chi connectivity index (χ1) is 19.4. The first-order valence-corrected chi connectivity index (χ1v) is 13.7. The third kappa shape index (κ3) is 5.85.